The van der Waals surface area contributed by atoms with Gasteiger partial charge in [-0.2, -0.15) is 15.0 Å². The highest BCUT2D eigenvalue weighted by molar-refractivity contribution is 5.34. The lowest BCUT2D eigenvalue weighted by molar-refractivity contribution is 0.591. The predicted molar refractivity (Wildman–Crippen MR) is 70.1 cm³/mol. The maximum Gasteiger partial charge on any atom is 0.332 e. The second kappa shape index (κ2) is 4.56. The molecule has 96 valence electrons. The van der Waals surface area contributed by atoms with E-state index in [1.165, 1.54) is 0 Å². The normalized spacial score (nSPS) is 10.8. The second-order valence-corrected chi connectivity index (χ2v) is 4.29. The van der Waals surface area contributed by atoms with Gasteiger partial charge in [0.25, 0.3) is 0 Å². The number of benzene rings is 1. The van der Waals surface area contributed by atoms with Crippen molar-refractivity contribution in [2.75, 3.05) is 0 Å². The van der Waals surface area contributed by atoms with Crippen LogP contribution < -0.4 is 5.69 Å². The molecule has 0 radical (unpaired) electrons. The van der Waals surface area contributed by atoms with Crippen molar-refractivity contribution in [2.24, 2.45) is 7.05 Å². The van der Waals surface area contributed by atoms with Crippen molar-refractivity contribution in [3.63, 3.8) is 0 Å². The van der Waals surface area contributed by atoms with Crippen LogP contribution in [0.1, 0.15) is 5.56 Å². The largest absolute Gasteiger partial charge is 0.332 e. The molecule has 0 bridgehead atoms. The van der Waals surface area contributed by atoms with E-state index in [2.05, 4.69) is 10.2 Å². The lowest BCUT2D eigenvalue weighted by atomic mass is 10.2. The third-order valence-electron chi connectivity index (χ3n) is 2.95. The van der Waals surface area contributed by atoms with Gasteiger partial charge in [0, 0.05) is 19.4 Å². The standard InChI is InChI=1S/C13H13N5O/c1-16-8-9-17(13(16)19)12-4-2-11(3-5-12)10-18-14-6-7-15-18/h2-9H,10H2,1H3. The Morgan fingerprint density at radius 1 is 1.05 bits per heavy atom. The Labute approximate surface area is 109 Å². The van der Waals surface area contributed by atoms with Gasteiger partial charge >= 0.3 is 5.69 Å². The Bertz CT molecular complexity index is 721. The van der Waals surface area contributed by atoms with Gasteiger partial charge < -0.3 is 4.57 Å². The molecular formula is C13H13N5O. The summed E-state index contributed by atoms with van der Waals surface area (Å²) in [4.78, 5) is 13.4. The van der Waals surface area contributed by atoms with Gasteiger partial charge in [0.05, 0.1) is 24.6 Å². The monoisotopic (exact) mass is 255 g/mol. The first-order valence-electron chi connectivity index (χ1n) is 5.91. The van der Waals surface area contributed by atoms with Crippen LogP contribution in [0.5, 0.6) is 0 Å². The van der Waals surface area contributed by atoms with Crippen LogP contribution in [0.15, 0.2) is 53.8 Å². The van der Waals surface area contributed by atoms with Crippen LogP contribution in [0.2, 0.25) is 0 Å². The van der Waals surface area contributed by atoms with Crippen LogP contribution in [0.4, 0.5) is 0 Å². The molecule has 0 amide bonds. The number of hydrogen-bond donors (Lipinski definition) is 0. The van der Waals surface area contributed by atoms with Crippen molar-refractivity contribution in [3.8, 4) is 5.69 Å². The summed E-state index contributed by atoms with van der Waals surface area (Å²) in [6.45, 7) is 0.622. The molecule has 0 saturated carbocycles. The molecule has 3 rings (SSSR count). The third-order valence-corrected chi connectivity index (χ3v) is 2.95. The van der Waals surface area contributed by atoms with E-state index in [4.69, 9.17) is 0 Å². The fraction of sp³-hybridized carbons (Fsp3) is 0.154. The Morgan fingerprint density at radius 2 is 1.74 bits per heavy atom. The molecule has 3 aromatic rings. The van der Waals surface area contributed by atoms with E-state index >= 15 is 0 Å². The summed E-state index contributed by atoms with van der Waals surface area (Å²) >= 11 is 0. The summed E-state index contributed by atoms with van der Waals surface area (Å²) in [7, 11) is 1.73. The first-order valence-corrected chi connectivity index (χ1v) is 5.91. The van der Waals surface area contributed by atoms with Gasteiger partial charge in [0.2, 0.25) is 0 Å². The number of aryl methyl sites for hydroxylation is 1. The molecule has 0 aliphatic rings. The molecule has 1 aromatic carbocycles. The number of nitrogens with zero attached hydrogens (tertiary/aromatic N) is 5. The first-order chi connectivity index (χ1) is 9.24. The quantitative estimate of drug-likeness (QED) is 0.696. The molecule has 2 aromatic heterocycles. The highest BCUT2D eigenvalue weighted by Crippen LogP contribution is 2.08. The van der Waals surface area contributed by atoms with Crippen molar-refractivity contribution in [1.82, 2.24) is 24.1 Å². The minimum Gasteiger partial charge on any atom is -0.302 e. The highest BCUT2D eigenvalue weighted by Gasteiger charge is 2.03. The fourth-order valence-electron chi connectivity index (χ4n) is 1.91. The van der Waals surface area contributed by atoms with Gasteiger partial charge in [0.15, 0.2) is 0 Å². The van der Waals surface area contributed by atoms with E-state index in [-0.39, 0.29) is 5.69 Å². The van der Waals surface area contributed by atoms with Crippen LogP contribution >= 0.6 is 0 Å². The summed E-state index contributed by atoms with van der Waals surface area (Å²) in [5.74, 6) is 0. The van der Waals surface area contributed by atoms with Gasteiger partial charge in [0.1, 0.15) is 0 Å². The average molecular weight is 255 g/mol. The fourth-order valence-corrected chi connectivity index (χ4v) is 1.91. The van der Waals surface area contributed by atoms with Crippen LogP contribution in [0.3, 0.4) is 0 Å². The second-order valence-electron chi connectivity index (χ2n) is 4.29. The molecule has 0 N–H and O–H groups in total. The van der Waals surface area contributed by atoms with Gasteiger partial charge in [-0.25, -0.2) is 4.79 Å². The molecule has 0 saturated heterocycles. The predicted octanol–water partition coefficient (Wildman–Crippen LogP) is 0.816. The number of imidazole rings is 1. The first kappa shape index (κ1) is 11.5. The lowest BCUT2D eigenvalue weighted by Gasteiger charge is -2.04. The van der Waals surface area contributed by atoms with E-state index in [9.17, 15) is 4.79 Å². The van der Waals surface area contributed by atoms with E-state index < -0.39 is 0 Å². The highest BCUT2D eigenvalue weighted by atomic mass is 16.1. The van der Waals surface area contributed by atoms with E-state index in [0.717, 1.165) is 11.3 Å². The lowest BCUT2D eigenvalue weighted by Crippen LogP contribution is -2.20. The number of aromatic nitrogens is 5. The van der Waals surface area contributed by atoms with Crippen LogP contribution in [0.25, 0.3) is 5.69 Å². The molecule has 0 unspecified atom stereocenters. The maximum atomic E-state index is 11.8. The minimum atomic E-state index is -0.0542. The Hall–Kier alpha value is -2.63. The number of rotatable bonds is 3. The summed E-state index contributed by atoms with van der Waals surface area (Å²) in [6.07, 6.45) is 6.80. The topological polar surface area (TPSA) is 57.6 Å². The third kappa shape index (κ3) is 2.20. The molecule has 0 aliphatic heterocycles. The number of hydrogen-bond acceptors (Lipinski definition) is 3. The molecule has 19 heavy (non-hydrogen) atoms. The van der Waals surface area contributed by atoms with E-state index in [0.29, 0.717) is 6.54 Å². The SMILES string of the molecule is Cn1ccn(-c2ccc(Cn3nccn3)cc2)c1=O. The van der Waals surface area contributed by atoms with Crippen LogP contribution in [-0.4, -0.2) is 24.1 Å². The van der Waals surface area contributed by atoms with Gasteiger partial charge in [-0.3, -0.25) is 4.57 Å². The van der Waals surface area contributed by atoms with Gasteiger partial charge in [-0.05, 0) is 17.7 Å². The molecule has 0 aliphatic carbocycles. The van der Waals surface area contributed by atoms with Crippen LogP contribution in [-0.2, 0) is 13.6 Å². The molecule has 0 atom stereocenters. The summed E-state index contributed by atoms with van der Waals surface area (Å²) in [5.41, 5.74) is 1.88. The zero-order valence-corrected chi connectivity index (χ0v) is 10.5. The Morgan fingerprint density at radius 3 is 2.32 bits per heavy atom. The smallest absolute Gasteiger partial charge is 0.302 e. The zero-order valence-electron chi connectivity index (χ0n) is 10.5. The molecule has 0 fully saturated rings. The van der Waals surface area contributed by atoms with Crippen molar-refractivity contribution in [1.29, 1.82) is 0 Å². The van der Waals surface area contributed by atoms with Crippen molar-refractivity contribution < 1.29 is 0 Å². The van der Waals surface area contributed by atoms with Crippen molar-refractivity contribution in [3.05, 3.63) is 65.1 Å². The maximum absolute atomic E-state index is 11.8. The van der Waals surface area contributed by atoms with Crippen molar-refractivity contribution >= 4 is 0 Å². The van der Waals surface area contributed by atoms with Gasteiger partial charge in [-0.15, -0.1) is 0 Å². The summed E-state index contributed by atoms with van der Waals surface area (Å²) < 4.78 is 3.15. The van der Waals surface area contributed by atoms with E-state index in [1.54, 1.807) is 45.8 Å². The Kier molecular flexibility index (Phi) is 2.75. The molecule has 2 heterocycles. The van der Waals surface area contributed by atoms with Crippen molar-refractivity contribution in [2.45, 2.75) is 6.54 Å². The molecular weight excluding hydrogens is 242 g/mol. The average Bonchev–Trinajstić information content (AvgIpc) is 3.03. The zero-order chi connectivity index (χ0) is 13.2. The Balaban J connectivity index is 1.87. The molecule has 6 heteroatoms. The van der Waals surface area contributed by atoms with Gasteiger partial charge in [-0.1, -0.05) is 12.1 Å². The molecule has 0 spiro atoms. The summed E-state index contributed by atoms with van der Waals surface area (Å²) in [6, 6.07) is 7.77. The molecule has 6 nitrogen and oxygen atoms in total. The minimum absolute atomic E-state index is 0.0542. The van der Waals surface area contributed by atoms with Crippen LogP contribution in [0, 0.1) is 0 Å². The van der Waals surface area contributed by atoms with E-state index in [1.807, 2.05) is 24.3 Å². The summed E-state index contributed by atoms with van der Waals surface area (Å²) in [5, 5.41) is 8.11.